The quantitative estimate of drug-likeness (QED) is 0.259. The van der Waals surface area contributed by atoms with Crippen LogP contribution < -0.4 is 11.1 Å². The van der Waals surface area contributed by atoms with E-state index in [9.17, 15) is 18.8 Å². The first-order chi connectivity index (χ1) is 21.1. The van der Waals surface area contributed by atoms with Crippen LogP contribution in [0.2, 0.25) is 0 Å². The summed E-state index contributed by atoms with van der Waals surface area (Å²) in [6, 6.07) is 17.7. The first-order valence-electron chi connectivity index (χ1n) is 15.0. The summed E-state index contributed by atoms with van der Waals surface area (Å²) >= 11 is 1.24. The van der Waals surface area contributed by atoms with Crippen molar-refractivity contribution in [3.8, 4) is 10.4 Å². The highest BCUT2D eigenvalue weighted by molar-refractivity contribution is 7.17. The third kappa shape index (κ3) is 5.64. The van der Waals surface area contributed by atoms with Crippen molar-refractivity contribution in [2.45, 2.75) is 58.0 Å². The molecule has 3 amide bonds. The zero-order valence-electron chi connectivity index (χ0n) is 25.0. The van der Waals surface area contributed by atoms with Crippen molar-refractivity contribution in [1.29, 1.82) is 0 Å². The lowest BCUT2D eigenvalue weighted by molar-refractivity contribution is 0.0704. The number of benzene rings is 2. The van der Waals surface area contributed by atoms with Gasteiger partial charge in [-0.05, 0) is 72.6 Å². The number of primary amides is 1. The molecule has 0 bridgehead atoms. The van der Waals surface area contributed by atoms with Crippen molar-refractivity contribution in [3.63, 3.8) is 0 Å². The molecule has 3 N–H and O–H groups in total. The largest absolute Gasteiger partial charge is 0.366 e. The van der Waals surface area contributed by atoms with Crippen LogP contribution in [-0.4, -0.2) is 40.7 Å². The fourth-order valence-corrected chi connectivity index (χ4v) is 7.41. The van der Waals surface area contributed by atoms with Gasteiger partial charge in [-0.2, -0.15) is 0 Å². The van der Waals surface area contributed by atoms with Crippen molar-refractivity contribution in [1.82, 2.24) is 15.2 Å². The number of nitrogens with two attached hydrogens (primary N) is 1. The van der Waals surface area contributed by atoms with Crippen LogP contribution >= 0.6 is 11.3 Å². The lowest BCUT2D eigenvalue weighted by atomic mass is 9.86. The van der Waals surface area contributed by atoms with E-state index in [1.165, 1.54) is 29.0 Å². The van der Waals surface area contributed by atoms with Gasteiger partial charge >= 0.3 is 0 Å². The minimum atomic E-state index is -0.656. The Hall–Kier alpha value is -4.37. The van der Waals surface area contributed by atoms with Crippen LogP contribution in [-0.2, 0) is 25.7 Å². The van der Waals surface area contributed by atoms with Crippen molar-refractivity contribution in [3.05, 3.63) is 111 Å². The molecule has 0 spiro atoms. The number of thiophene rings is 1. The van der Waals surface area contributed by atoms with Gasteiger partial charge in [-0.1, -0.05) is 50.2 Å². The maximum Gasteiger partial charge on any atom is 0.261 e. The van der Waals surface area contributed by atoms with E-state index in [0.29, 0.717) is 51.5 Å². The minimum Gasteiger partial charge on any atom is -0.366 e. The lowest BCUT2D eigenvalue weighted by Gasteiger charge is -2.35. The van der Waals surface area contributed by atoms with E-state index in [0.717, 1.165) is 24.0 Å². The van der Waals surface area contributed by atoms with Gasteiger partial charge in [-0.15, -0.1) is 11.3 Å². The van der Waals surface area contributed by atoms with Gasteiger partial charge in [0.2, 0.25) is 0 Å². The van der Waals surface area contributed by atoms with Crippen molar-refractivity contribution < 1.29 is 18.8 Å². The molecule has 0 saturated carbocycles. The molecular formula is C35H35FN4O3S. The summed E-state index contributed by atoms with van der Waals surface area (Å²) in [4.78, 5) is 48.2. The molecule has 1 aliphatic carbocycles. The Kier molecular flexibility index (Phi) is 8.07. The third-order valence-corrected chi connectivity index (χ3v) is 9.71. The highest BCUT2D eigenvalue weighted by Gasteiger charge is 2.37. The summed E-state index contributed by atoms with van der Waals surface area (Å²) in [5, 5.41) is 3.17. The number of aromatic nitrogens is 1. The predicted molar refractivity (Wildman–Crippen MR) is 169 cm³/mol. The number of pyridine rings is 1. The van der Waals surface area contributed by atoms with E-state index in [4.69, 9.17) is 10.7 Å². The zero-order chi connectivity index (χ0) is 31.1. The van der Waals surface area contributed by atoms with Gasteiger partial charge in [0.15, 0.2) is 0 Å². The van der Waals surface area contributed by atoms with E-state index in [1.807, 2.05) is 26.0 Å². The van der Waals surface area contributed by atoms with Gasteiger partial charge in [-0.25, -0.2) is 4.39 Å². The maximum atomic E-state index is 14.1. The monoisotopic (exact) mass is 610 g/mol. The van der Waals surface area contributed by atoms with Crippen LogP contribution in [0.3, 0.4) is 0 Å². The summed E-state index contributed by atoms with van der Waals surface area (Å²) in [5.74, 6) is -1.25. The van der Waals surface area contributed by atoms with Crippen molar-refractivity contribution in [2.75, 3.05) is 7.05 Å². The molecule has 0 unspecified atom stereocenters. The van der Waals surface area contributed by atoms with Crippen molar-refractivity contribution >= 4 is 29.1 Å². The summed E-state index contributed by atoms with van der Waals surface area (Å²) < 4.78 is 13.5. The molecule has 0 radical (unpaired) electrons. The van der Waals surface area contributed by atoms with Crippen LogP contribution in [0.5, 0.6) is 0 Å². The van der Waals surface area contributed by atoms with Crippen LogP contribution in [0.4, 0.5) is 4.39 Å². The second-order valence-corrected chi connectivity index (χ2v) is 13.2. The second kappa shape index (κ2) is 12.0. The molecule has 2 atom stereocenters. The van der Waals surface area contributed by atoms with E-state index in [2.05, 4.69) is 17.4 Å². The number of hydrogen-bond donors (Lipinski definition) is 2. The van der Waals surface area contributed by atoms with Crippen LogP contribution in [0, 0.1) is 11.7 Å². The molecular weight excluding hydrogens is 575 g/mol. The average molecular weight is 611 g/mol. The molecule has 4 aromatic rings. The molecule has 7 nitrogen and oxygen atoms in total. The topological polar surface area (TPSA) is 105 Å². The number of nitrogens with one attached hydrogen (secondary N) is 1. The molecule has 0 fully saturated rings. The first kappa shape index (κ1) is 29.7. The number of likely N-dealkylation sites (N-methyl/N-ethyl adjacent to an activating group) is 1. The molecule has 44 heavy (non-hydrogen) atoms. The zero-order valence-corrected chi connectivity index (χ0v) is 25.8. The standard InChI is InChI=1S/C35H35FN4O3S/c1-19(2)16-26-30(33(37)41)32(28-14-15-29(44-28)34(42)39-25-13-10-21-6-4-5-7-24(21)25)31-27(38-26)18-23(40(3)35(31)43)17-20-8-11-22(36)12-9-20/h4-9,11-12,14-15,19,23,25H,10,13,16-18H2,1-3H3,(H2,37,41)(H,39,42)/t23-,25+/m1/s1. The Bertz CT molecular complexity index is 1760. The number of fused-ring (bicyclic) bond motifs is 2. The molecule has 6 rings (SSSR count). The SMILES string of the molecule is CC(C)Cc1nc2c(c(-c3ccc(C(=O)N[C@H]4CCc5ccccc54)s3)c1C(N)=O)C(=O)N(C)[C@H](Cc1ccc(F)cc1)C2. The fraction of sp³-hybridized carbons (Fsp3) is 0.314. The second-order valence-electron chi connectivity index (χ2n) is 12.1. The molecule has 2 aliphatic rings. The first-order valence-corrected chi connectivity index (χ1v) is 15.8. The van der Waals surface area contributed by atoms with Crippen LogP contribution in [0.15, 0.2) is 60.7 Å². The Morgan fingerprint density at radius 3 is 2.57 bits per heavy atom. The molecule has 0 saturated heterocycles. The number of halogens is 1. The molecule has 3 heterocycles. The Morgan fingerprint density at radius 1 is 1.09 bits per heavy atom. The number of rotatable bonds is 8. The van der Waals surface area contributed by atoms with Crippen LogP contribution in [0.25, 0.3) is 10.4 Å². The van der Waals surface area contributed by atoms with Gasteiger partial charge < -0.3 is 16.0 Å². The summed E-state index contributed by atoms with van der Waals surface area (Å²) in [6.07, 6.45) is 3.25. The highest BCUT2D eigenvalue weighted by Crippen LogP contribution is 2.40. The van der Waals surface area contributed by atoms with Gasteiger partial charge in [0, 0.05) is 30.0 Å². The van der Waals surface area contributed by atoms with Gasteiger partial charge in [0.05, 0.1) is 33.4 Å². The summed E-state index contributed by atoms with van der Waals surface area (Å²) in [6.45, 7) is 4.08. The average Bonchev–Trinajstić information content (AvgIpc) is 3.64. The molecule has 2 aromatic carbocycles. The van der Waals surface area contributed by atoms with Crippen LogP contribution in [0.1, 0.15) is 84.8 Å². The molecule has 2 aromatic heterocycles. The molecule has 9 heteroatoms. The maximum absolute atomic E-state index is 14.1. The highest BCUT2D eigenvalue weighted by atomic mass is 32.1. The summed E-state index contributed by atoms with van der Waals surface area (Å²) in [5.41, 5.74) is 11.5. The Labute approximate surface area is 260 Å². The number of carbonyl (C=O) groups is 3. The van der Waals surface area contributed by atoms with Gasteiger partial charge in [-0.3, -0.25) is 19.4 Å². The number of hydrogen-bond acceptors (Lipinski definition) is 5. The summed E-state index contributed by atoms with van der Waals surface area (Å²) in [7, 11) is 1.74. The third-order valence-electron chi connectivity index (χ3n) is 8.60. The van der Waals surface area contributed by atoms with E-state index < -0.39 is 5.91 Å². The molecule has 1 aliphatic heterocycles. The van der Waals surface area contributed by atoms with Gasteiger partial charge in [0.25, 0.3) is 17.7 Å². The fourth-order valence-electron chi connectivity index (χ4n) is 6.45. The van der Waals surface area contributed by atoms with E-state index in [1.54, 1.807) is 36.2 Å². The number of amides is 3. The predicted octanol–water partition coefficient (Wildman–Crippen LogP) is 5.90. The normalized spacial score (nSPS) is 17.5. The number of carbonyl (C=O) groups excluding carboxylic acids is 3. The Morgan fingerprint density at radius 2 is 1.84 bits per heavy atom. The van der Waals surface area contributed by atoms with Gasteiger partial charge in [0.1, 0.15) is 5.82 Å². The minimum absolute atomic E-state index is 0.0648. The smallest absolute Gasteiger partial charge is 0.261 e. The van der Waals surface area contributed by atoms with Crippen molar-refractivity contribution in [2.24, 2.45) is 11.7 Å². The lowest BCUT2D eigenvalue weighted by Crippen LogP contribution is -2.45. The van der Waals surface area contributed by atoms with E-state index in [-0.39, 0.29) is 41.2 Å². The Balaban J connectivity index is 1.39. The molecule has 226 valence electrons. The number of nitrogens with zero attached hydrogens (tertiary/aromatic N) is 2. The van der Waals surface area contributed by atoms with E-state index >= 15 is 0 Å². The number of aryl methyl sites for hydroxylation is 1.